The molecule has 0 saturated heterocycles. The van der Waals surface area contributed by atoms with Crippen LogP contribution in [0.2, 0.25) is 0 Å². The van der Waals surface area contributed by atoms with E-state index in [4.69, 9.17) is 14.6 Å². The maximum Gasteiger partial charge on any atom is 0.392 e. The second-order valence-electron chi connectivity index (χ2n) is 10.2. The summed E-state index contributed by atoms with van der Waals surface area (Å²) in [5.41, 5.74) is 2.86. The molecule has 1 aliphatic carbocycles. The lowest BCUT2D eigenvalue weighted by molar-refractivity contribution is -0.179. The second-order valence-corrected chi connectivity index (χ2v) is 10.2. The second kappa shape index (κ2) is 12.2. The maximum atomic E-state index is 13.6. The fraction of sp³-hybridized carbons (Fsp3) is 0.880. The normalized spacial score (nSPS) is 21.2. The molecule has 34 heavy (non-hydrogen) atoms. The molecule has 0 spiro atoms. The zero-order chi connectivity index (χ0) is 24.8. The Bertz CT molecular complexity index is 750. The van der Waals surface area contributed by atoms with Gasteiger partial charge in [0.2, 0.25) is 0 Å². The number of nitrogens with zero attached hydrogens (tertiary/aromatic N) is 3. The molecule has 2 heterocycles. The van der Waals surface area contributed by atoms with Crippen molar-refractivity contribution in [3.8, 4) is 0 Å². The van der Waals surface area contributed by atoms with Crippen molar-refractivity contribution in [1.29, 1.82) is 0 Å². The SMILES string of the molecule is CCOCC1(COCC)CCC(c2c(CN(C)CCNC)nn3c2CC(C(F)(F)F)CC3)CC1. The number of nitrogens with one attached hydrogen (secondary N) is 1. The standard InChI is InChI=1S/C25H43F3N4O2/c1-5-33-17-24(18-34-6-2)10-7-19(8-11-24)23-21(16-31(4)14-12-29-3)30-32-13-9-20(15-22(23)32)25(26,27)28/h19-20,29H,5-18H2,1-4H3. The van der Waals surface area contributed by atoms with Crippen LogP contribution in [-0.4, -0.2) is 74.5 Å². The summed E-state index contributed by atoms with van der Waals surface area (Å²) in [6, 6.07) is 0. The van der Waals surface area contributed by atoms with Crippen LogP contribution in [0, 0.1) is 11.3 Å². The Morgan fingerprint density at radius 1 is 1.12 bits per heavy atom. The van der Waals surface area contributed by atoms with Gasteiger partial charge in [0.05, 0.1) is 24.8 Å². The third-order valence-corrected chi connectivity index (χ3v) is 7.61. The molecule has 1 aromatic heterocycles. The molecule has 1 aliphatic heterocycles. The van der Waals surface area contributed by atoms with Crippen LogP contribution in [0.5, 0.6) is 0 Å². The molecule has 1 unspecified atom stereocenters. The van der Waals surface area contributed by atoms with Crippen LogP contribution < -0.4 is 5.32 Å². The third-order valence-electron chi connectivity index (χ3n) is 7.61. The van der Waals surface area contributed by atoms with Gasteiger partial charge in [0.25, 0.3) is 0 Å². The summed E-state index contributed by atoms with van der Waals surface area (Å²) in [4.78, 5) is 2.20. The Kier molecular flexibility index (Phi) is 9.83. The number of alkyl halides is 3. The molecule has 1 aromatic rings. The minimum absolute atomic E-state index is 0.00595. The molecule has 0 amide bonds. The van der Waals surface area contributed by atoms with Crippen LogP contribution in [0.25, 0.3) is 0 Å². The molecule has 0 aromatic carbocycles. The first-order valence-corrected chi connectivity index (χ1v) is 12.9. The van der Waals surface area contributed by atoms with Gasteiger partial charge in [-0.15, -0.1) is 0 Å². The average molecular weight is 489 g/mol. The molecule has 0 bridgehead atoms. The quantitative estimate of drug-likeness (QED) is 0.473. The Labute approximate surface area is 202 Å². The minimum atomic E-state index is -4.16. The number of likely N-dealkylation sites (N-methyl/N-ethyl adjacent to an activating group) is 2. The van der Waals surface area contributed by atoms with Crippen molar-refractivity contribution in [2.24, 2.45) is 11.3 Å². The van der Waals surface area contributed by atoms with E-state index in [1.807, 2.05) is 32.6 Å². The highest BCUT2D eigenvalue weighted by atomic mass is 19.4. The van der Waals surface area contributed by atoms with Gasteiger partial charge in [-0.25, -0.2) is 0 Å². The van der Waals surface area contributed by atoms with E-state index in [0.717, 1.165) is 55.7 Å². The van der Waals surface area contributed by atoms with Crippen molar-refractivity contribution in [3.63, 3.8) is 0 Å². The van der Waals surface area contributed by atoms with E-state index >= 15 is 0 Å². The number of fused-ring (bicyclic) bond motifs is 1. The van der Waals surface area contributed by atoms with Gasteiger partial charge in [-0.1, -0.05) is 0 Å². The van der Waals surface area contributed by atoms with Gasteiger partial charge < -0.3 is 14.8 Å². The molecule has 1 fully saturated rings. The summed E-state index contributed by atoms with van der Waals surface area (Å²) in [7, 11) is 3.97. The number of halogens is 3. The number of hydrogen-bond donors (Lipinski definition) is 1. The zero-order valence-electron chi connectivity index (χ0n) is 21.3. The first-order valence-electron chi connectivity index (χ1n) is 12.9. The summed E-state index contributed by atoms with van der Waals surface area (Å²) in [6.07, 6.45) is -0.215. The molecule has 1 N–H and O–H groups in total. The average Bonchev–Trinajstić information content (AvgIpc) is 3.17. The van der Waals surface area contributed by atoms with Crippen LogP contribution in [0.3, 0.4) is 0 Å². The molecule has 2 aliphatic rings. The number of rotatable bonds is 12. The predicted octanol–water partition coefficient (Wildman–Crippen LogP) is 4.38. The number of aryl methyl sites for hydroxylation is 1. The van der Waals surface area contributed by atoms with Crippen molar-refractivity contribution < 1.29 is 22.6 Å². The molecular weight excluding hydrogens is 445 g/mol. The van der Waals surface area contributed by atoms with Crippen molar-refractivity contribution >= 4 is 0 Å². The fourth-order valence-electron chi connectivity index (χ4n) is 5.57. The summed E-state index contributed by atoms with van der Waals surface area (Å²) < 4.78 is 54.4. The molecule has 196 valence electrons. The Morgan fingerprint density at radius 2 is 1.76 bits per heavy atom. The van der Waals surface area contributed by atoms with Gasteiger partial charge in [-0.05, 0) is 66.0 Å². The van der Waals surface area contributed by atoms with Gasteiger partial charge in [0.1, 0.15) is 0 Å². The Balaban J connectivity index is 1.84. The lowest BCUT2D eigenvalue weighted by Crippen LogP contribution is -2.37. The summed E-state index contributed by atoms with van der Waals surface area (Å²) in [6.45, 7) is 9.45. The summed E-state index contributed by atoms with van der Waals surface area (Å²) in [5, 5.41) is 8.02. The van der Waals surface area contributed by atoms with Crippen LogP contribution in [0.15, 0.2) is 0 Å². The highest BCUT2D eigenvalue weighted by Crippen LogP contribution is 2.47. The lowest BCUT2D eigenvalue weighted by Gasteiger charge is -2.40. The lowest BCUT2D eigenvalue weighted by atomic mass is 9.69. The van der Waals surface area contributed by atoms with Gasteiger partial charge in [-0.2, -0.15) is 18.3 Å². The molecule has 1 saturated carbocycles. The number of aromatic nitrogens is 2. The highest BCUT2D eigenvalue weighted by Gasteiger charge is 2.44. The van der Waals surface area contributed by atoms with Crippen LogP contribution in [0.1, 0.15) is 68.8 Å². The van der Waals surface area contributed by atoms with Gasteiger partial charge >= 0.3 is 6.18 Å². The van der Waals surface area contributed by atoms with E-state index in [1.54, 1.807) is 0 Å². The molecule has 1 atom stereocenters. The van der Waals surface area contributed by atoms with E-state index in [9.17, 15) is 13.2 Å². The van der Waals surface area contributed by atoms with Crippen molar-refractivity contribution in [1.82, 2.24) is 20.0 Å². The van der Waals surface area contributed by atoms with E-state index in [-0.39, 0.29) is 24.2 Å². The van der Waals surface area contributed by atoms with Crippen LogP contribution >= 0.6 is 0 Å². The molecule has 9 heteroatoms. The Hall–Kier alpha value is -1.16. The van der Waals surface area contributed by atoms with E-state index < -0.39 is 12.1 Å². The molecule has 0 radical (unpaired) electrons. The van der Waals surface area contributed by atoms with Crippen molar-refractivity contribution in [2.75, 3.05) is 53.6 Å². The van der Waals surface area contributed by atoms with Gasteiger partial charge in [0, 0.05) is 62.5 Å². The molecule has 3 rings (SSSR count). The Morgan fingerprint density at radius 3 is 2.32 bits per heavy atom. The van der Waals surface area contributed by atoms with Crippen molar-refractivity contribution in [3.05, 3.63) is 17.0 Å². The largest absolute Gasteiger partial charge is 0.392 e. The van der Waals surface area contributed by atoms with Crippen molar-refractivity contribution in [2.45, 2.75) is 77.6 Å². The summed E-state index contributed by atoms with van der Waals surface area (Å²) in [5.74, 6) is -1.04. The topological polar surface area (TPSA) is 51.6 Å². The number of ether oxygens (including phenoxy) is 2. The smallest absolute Gasteiger partial charge is 0.381 e. The fourth-order valence-corrected chi connectivity index (χ4v) is 5.57. The van der Waals surface area contributed by atoms with E-state index in [0.29, 0.717) is 39.5 Å². The first kappa shape index (κ1) is 27.4. The van der Waals surface area contributed by atoms with Crippen LogP contribution in [0.4, 0.5) is 13.2 Å². The maximum absolute atomic E-state index is 13.6. The van der Waals surface area contributed by atoms with Gasteiger partial charge in [0.15, 0.2) is 0 Å². The monoisotopic (exact) mass is 488 g/mol. The van der Waals surface area contributed by atoms with E-state index in [1.165, 1.54) is 0 Å². The van der Waals surface area contributed by atoms with E-state index in [2.05, 4.69) is 10.2 Å². The molecule has 6 nitrogen and oxygen atoms in total. The predicted molar refractivity (Wildman–Crippen MR) is 127 cm³/mol. The number of hydrogen-bond acceptors (Lipinski definition) is 5. The third kappa shape index (κ3) is 6.74. The van der Waals surface area contributed by atoms with Crippen LogP contribution in [-0.2, 0) is 29.0 Å². The summed E-state index contributed by atoms with van der Waals surface area (Å²) >= 11 is 0. The van der Waals surface area contributed by atoms with Gasteiger partial charge in [-0.3, -0.25) is 9.58 Å². The highest BCUT2D eigenvalue weighted by molar-refractivity contribution is 5.33. The zero-order valence-corrected chi connectivity index (χ0v) is 21.3. The molecular formula is C25H43F3N4O2. The first-order chi connectivity index (χ1) is 16.2. The minimum Gasteiger partial charge on any atom is -0.381 e.